The van der Waals surface area contributed by atoms with Gasteiger partial charge in [-0.1, -0.05) is 11.2 Å². The lowest BCUT2D eigenvalue weighted by Crippen LogP contribution is -2.08. The Kier molecular flexibility index (Phi) is 4.34. The molecule has 0 unspecified atom stereocenters. The Labute approximate surface area is 127 Å². The lowest BCUT2D eigenvalue weighted by Gasteiger charge is -2.05. The molecule has 0 amide bonds. The average Bonchev–Trinajstić information content (AvgIpc) is 3.23. The first-order chi connectivity index (χ1) is 10.8. The van der Waals surface area contributed by atoms with Crippen molar-refractivity contribution in [1.82, 2.24) is 15.5 Å². The van der Waals surface area contributed by atoms with Crippen molar-refractivity contribution in [3.8, 4) is 5.75 Å². The Morgan fingerprint density at radius 3 is 3.18 bits per heavy atom. The number of esters is 1. The standard InChI is InChI=1S/C15H17N3O4/c1-20-15(19)10-3-2-4-12(7-10)21-9-13-17-14(22-18-13)11-5-6-16-8-11/h2-4,7,11,16H,5-6,8-9H2,1H3/t11-/m0/s1. The van der Waals surface area contributed by atoms with Gasteiger partial charge in [0.2, 0.25) is 11.7 Å². The molecule has 7 nitrogen and oxygen atoms in total. The molecule has 1 saturated heterocycles. The van der Waals surface area contributed by atoms with Crippen LogP contribution in [0.2, 0.25) is 0 Å². The number of ether oxygens (including phenoxy) is 2. The van der Waals surface area contributed by atoms with Gasteiger partial charge in [0.1, 0.15) is 5.75 Å². The van der Waals surface area contributed by atoms with Crippen molar-refractivity contribution in [3.63, 3.8) is 0 Å². The molecule has 1 aliphatic heterocycles. The summed E-state index contributed by atoms with van der Waals surface area (Å²) in [6, 6.07) is 6.77. The van der Waals surface area contributed by atoms with Crippen LogP contribution >= 0.6 is 0 Å². The van der Waals surface area contributed by atoms with Crippen molar-refractivity contribution >= 4 is 5.97 Å². The predicted octanol–water partition coefficient (Wildman–Crippen LogP) is 1.51. The molecule has 22 heavy (non-hydrogen) atoms. The molecule has 7 heteroatoms. The summed E-state index contributed by atoms with van der Waals surface area (Å²) in [5.74, 6) is 1.57. The highest BCUT2D eigenvalue weighted by Crippen LogP contribution is 2.21. The zero-order chi connectivity index (χ0) is 15.4. The fraction of sp³-hybridized carbons (Fsp3) is 0.400. The monoisotopic (exact) mass is 303 g/mol. The first-order valence-electron chi connectivity index (χ1n) is 7.10. The Hall–Kier alpha value is -2.41. The van der Waals surface area contributed by atoms with Crippen molar-refractivity contribution in [2.24, 2.45) is 0 Å². The number of aromatic nitrogens is 2. The van der Waals surface area contributed by atoms with Gasteiger partial charge in [0.05, 0.1) is 18.6 Å². The van der Waals surface area contributed by atoms with E-state index >= 15 is 0 Å². The largest absolute Gasteiger partial charge is 0.485 e. The van der Waals surface area contributed by atoms with Crippen LogP contribution in [0.3, 0.4) is 0 Å². The molecule has 116 valence electrons. The van der Waals surface area contributed by atoms with Crippen LogP contribution in [0.25, 0.3) is 0 Å². The summed E-state index contributed by atoms with van der Waals surface area (Å²) in [6.07, 6.45) is 1.00. The quantitative estimate of drug-likeness (QED) is 0.838. The molecule has 1 N–H and O–H groups in total. The van der Waals surface area contributed by atoms with Gasteiger partial charge in [-0.2, -0.15) is 4.98 Å². The normalized spacial score (nSPS) is 17.4. The van der Waals surface area contributed by atoms with Gasteiger partial charge in [-0.25, -0.2) is 4.79 Å². The van der Waals surface area contributed by atoms with Gasteiger partial charge in [0.15, 0.2) is 6.61 Å². The average molecular weight is 303 g/mol. The smallest absolute Gasteiger partial charge is 0.337 e. The number of nitrogens with one attached hydrogen (secondary N) is 1. The molecule has 2 aromatic rings. The minimum absolute atomic E-state index is 0.189. The van der Waals surface area contributed by atoms with E-state index in [9.17, 15) is 4.79 Å². The van der Waals surface area contributed by atoms with E-state index in [4.69, 9.17) is 9.26 Å². The van der Waals surface area contributed by atoms with Crippen LogP contribution in [0.5, 0.6) is 5.75 Å². The van der Waals surface area contributed by atoms with Crippen molar-refractivity contribution in [2.75, 3.05) is 20.2 Å². The molecule has 1 aliphatic rings. The van der Waals surface area contributed by atoms with Crippen molar-refractivity contribution in [2.45, 2.75) is 18.9 Å². The minimum Gasteiger partial charge on any atom is -0.485 e. The zero-order valence-corrected chi connectivity index (χ0v) is 12.2. The van der Waals surface area contributed by atoms with Gasteiger partial charge in [-0.05, 0) is 31.2 Å². The van der Waals surface area contributed by atoms with Crippen LogP contribution in [0, 0.1) is 0 Å². The lowest BCUT2D eigenvalue weighted by atomic mass is 10.1. The SMILES string of the molecule is COC(=O)c1cccc(OCc2noc([C@H]3CCNC3)n2)c1. The van der Waals surface area contributed by atoms with Crippen molar-refractivity contribution < 1.29 is 18.8 Å². The molecule has 0 radical (unpaired) electrons. The molecular formula is C15H17N3O4. The van der Waals surface area contributed by atoms with E-state index in [0.717, 1.165) is 19.5 Å². The van der Waals surface area contributed by atoms with Crippen LogP contribution in [0.4, 0.5) is 0 Å². The Morgan fingerprint density at radius 2 is 2.41 bits per heavy atom. The van der Waals surface area contributed by atoms with Gasteiger partial charge < -0.3 is 19.3 Å². The van der Waals surface area contributed by atoms with Gasteiger partial charge in [0.25, 0.3) is 0 Å². The summed E-state index contributed by atoms with van der Waals surface area (Å²) < 4.78 is 15.5. The number of carbonyl (C=O) groups excluding carboxylic acids is 1. The molecule has 1 atom stereocenters. The van der Waals surface area contributed by atoms with E-state index in [-0.39, 0.29) is 12.5 Å². The Morgan fingerprint density at radius 1 is 1.50 bits per heavy atom. The molecular weight excluding hydrogens is 286 g/mol. The van der Waals surface area contributed by atoms with E-state index in [1.807, 2.05) is 0 Å². The third-order valence-electron chi connectivity index (χ3n) is 3.52. The van der Waals surface area contributed by atoms with Gasteiger partial charge in [-0.3, -0.25) is 0 Å². The highest BCUT2D eigenvalue weighted by molar-refractivity contribution is 5.89. The number of carbonyl (C=O) groups is 1. The second kappa shape index (κ2) is 6.57. The summed E-state index contributed by atoms with van der Waals surface area (Å²) in [4.78, 5) is 15.8. The molecule has 2 heterocycles. The second-order valence-electron chi connectivity index (χ2n) is 5.05. The summed E-state index contributed by atoms with van der Waals surface area (Å²) in [5.41, 5.74) is 0.436. The number of nitrogens with zero attached hydrogens (tertiary/aromatic N) is 2. The van der Waals surface area contributed by atoms with Gasteiger partial charge in [0, 0.05) is 6.54 Å². The maximum absolute atomic E-state index is 11.5. The lowest BCUT2D eigenvalue weighted by molar-refractivity contribution is 0.0600. The maximum Gasteiger partial charge on any atom is 0.337 e. The number of benzene rings is 1. The topological polar surface area (TPSA) is 86.5 Å². The van der Waals surface area contributed by atoms with Crippen LogP contribution in [0.1, 0.15) is 34.4 Å². The summed E-state index contributed by atoms with van der Waals surface area (Å²) in [7, 11) is 1.34. The first kappa shape index (κ1) is 14.5. The molecule has 1 aromatic heterocycles. The highest BCUT2D eigenvalue weighted by Gasteiger charge is 2.22. The van der Waals surface area contributed by atoms with E-state index in [1.165, 1.54) is 7.11 Å². The highest BCUT2D eigenvalue weighted by atomic mass is 16.5. The molecule has 0 saturated carbocycles. The first-order valence-corrected chi connectivity index (χ1v) is 7.10. The molecule has 0 bridgehead atoms. The second-order valence-corrected chi connectivity index (χ2v) is 5.05. The van der Waals surface area contributed by atoms with E-state index in [1.54, 1.807) is 24.3 Å². The number of methoxy groups -OCH3 is 1. The number of hydrogen-bond donors (Lipinski definition) is 1. The fourth-order valence-electron chi connectivity index (χ4n) is 2.34. The van der Waals surface area contributed by atoms with Crippen molar-refractivity contribution in [1.29, 1.82) is 0 Å². The maximum atomic E-state index is 11.5. The predicted molar refractivity (Wildman–Crippen MR) is 76.6 cm³/mol. The number of rotatable bonds is 5. The molecule has 1 aromatic carbocycles. The zero-order valence-electron chi connectivity index (χ0n) is 12.2. The molecule has 0 aliphatic carbocycles. The third-order valence-corrected chi connectivity index (χ3v) is 3.52. The Balaban J connectivity index is 1.61. The summed E-state index contributed by atoms with van der Waals surface area (Å²) in [5, 5.41) is 7.18. The van der Waals surface area contributed by atoms with E-state index < -0.39 is 5.97 Å². The van der Waals surface area contributed by atoms with Crippen LogP contribution in [-0.2, 0) is 11.3 Å². The van der Waals surface area contributed by atoms with Crippen molar-refractivity contribution in [3.05, 3.63) is 41.5 Å². The minimum atomic E-state index is -0.402. The Bertz CT molecular complexity index is 650. The van der Waals surface area contributed by atoms with E-state index in [0.29, 0.717) is 23.0 Å². The number of hydrogen-bond acceptors (Lipinski definition) is 7. The van der Waals surface area contributed by atoms with Crippen LogP contribution in [-0.4, -0.2) is 36.3 Å². The third kappa shape index (κ3) is 3.25. The molecule has 3 rings (SSSR count). The summed E-state index contributed by atoms with van der Waals surface area (Å²) >= 11 is 0. The van der Waals surface area contributed by atoms with Gasteiger partial charge in [-0.15, -0.1) is 0 Å². The van der Waals surface area contributed by atoms with Crippen LogP contribution < -0.4 is 10.1 Å². The van der Waals surface area contributed by atoms with E-state index in [2.05, 4.69) is 20.2 Å². The summed E-state index contributed by atoms with van der Waals surface area (Å²) in [6.45, 7) is 2.02. The van der Waals surface area contributed by atoms with Crippen LogP contribution in [0.15, 0.2) is 28.8 Å². The van der Waals surface area contributed by atoms with Gasteiger partial charge >= 0.3 is 5.97 Å². The molecule has 0 spiro atoms. The fourth-order valence-corrected chi connectivity index (χ4v) is 2.34. The molecule has 1 fully saturated rings.